The van der Waals surface area contributed by atoms with Crippen LogP contribution in [0.5, 0.6) is 5.75 Å². The van der Waals surface area contributed by atoms with Gasteiger partial charge >= 0.3 is 10.1 Å². The third kappa shape index (κ3) is 7.51. The van der Waals surface area contributed by atoms with E-state index in [0.29, 0.717) is 17.1 Å². The zero-order chi connectivity index (χ0) is 27.0. The molecule has 0 unspecified atom stereocenters. The van der Waals surface area contributed by atoms with Gasteiger partial charge < -0.3 is 20.1 Å². The summed E-state index contributed by atoms with van der Waals surface area (Å²) in [6.45, 7) is 2.70. The molecule has 0 saturated carbocycles. The molecule has 188 valence electrons. The van der Waals surface area contributed by atoms with Crippen LogP contribution in [0.1, 0.15) is 19.4 Å². The number of nitrogens with one attached hydrogen (secondary N) is 3. The van der Waals surface area contributed by atoms with Crippen molar-refractivity contribution >= 4 is 51.0 Å². The van der Waals surface area contributed by atoms with Crippen LogP contribution in [-0.4, -0.2) is 26.1 Å². The lowest BCUT2D eigenvalue weighted by Gasteiger charge is -2.11. The predicted molar refractivity (Wildman–Crippen MR) is 138 cm³/mol. The van der Waals surface area contributed by atoms with Crippen LogP contribution in [0.4, 0.5) is 17.1 Å². The zero-order valence-corrected chi connectivity index (χ0v) is 20.6. The van der Waals surface area contributed by atoms with E-state index < -0.39 is 16.0 Å². The van der Waals surface area contributed by atoms with Crippen molar-refractivity contribution < 1.29 is 27.0 Å². The molecule has 10 nitrogen and oxygen atoms in total. The van der Waals surface area contributed by atoms with Crippen LogP contribution >= 0.6 is 0 Å². The minimum atomic E-state index is -4.26. The number of anilines is 3. The first kappa shape index (κ1) is 26.7. The van der Waals surface area contributed by atoms with E-state index in [0.717, 1.165) is 0 Å². The van der Waals surface area contributed by atoms with E-state index in [1.54, 1.807) is 42.5 Å². The first-order valence-electron chi connectivity index (χ1n) is 10.8. The van der Waals surface area contributed by atoms with Gasteiger partial charge in [0.1, 0.15) is 22.3 Å². The second-order valence-corrected chi connectivity index (χ2v) is 9.21. The molecule has 0 aliphatic carbocycles. The van der Waals surface area contributed by atoms with Crippen molar-refractivity contribution in [3.63, 3.8) is 0 Å². The highest BCUT2D eigenvalue weighted by atomic mass is 32.2. The zero-order valence-electron chi connectivity index (χ0n) is 19.8. The van der Waals surface area contributed by atoms with Gasteiger partial charge in [-0.1, -0.05) is 18.2 Å². The number of benzene rings is 3. The van der Waals surface area contributed by atoms with Gasteiger partial charge in [-0.15, -0.1) is 0 Å². The first-order chi connectivity index (χ1) is 17.6. The number of nitrogens with zero attached hydrogens (tertiary/aromatic N) is 1. The number of hydrogen-bond acceptors (Lipinski definition) is 7. The fourth-order valence-electron chi connectivity index (χ4n) is 3.09. The lowest BCUT2D eigenvalue weighted by molar-refractivity contribution is -0.115. The number of carbonyl (C=O) groups is 3. The largest absolute Gasteiger partial charge is 0.378 e. The maximum atomic E-state index is 12.8. The number of carbonyl (C=O) groups excluding carboxylic acids is 3. The average Bonchev–Trinajstić information content (AvgIpc) is 2.84. The SMILES string of the molecule is CC(=O)Nc1ccc(NC(=O)/C(C#N)=C/c2ccccc2OS(=O)(=O)c2ccc(NC(C)=O)cc2)cc1. The van der Waals surface area contributed by atoms with Crippen LogP contribution in [0, 0.1) is 11.3 Å². The van der Waals surface area contributed by atoms with E-state index in [4.69, 9.17) is 4.18 Å². The third-order valence-electron chi connectivity index (χ3n) is 4.71. The highest BCUT2D eigenvalue weighted by Gasteiger charge is 2.19. The molecule has 3 aromatic carbocycles. The van der Waals surface area contributed by atoms with Gasteiger partial charge in [-0.25, -0.2) is 0 Å². The van der Waals surface area contributed by atoms with Gasteiger partial charge in [-0.2, -0.15) is 13.7 Å². The molecule has 3 amide bonds. The Bertz CT molecular complexity index is 1510. The summed E-state index contributed by atoms with van der Waals surface area (Å²) in [5, 5.41) is 17.3. The number of hydrogen-bond donors (Lipinski definition) is 3. The summed E-state index contributed by atoms with van der Waals surface area (Å²) in [6, 6.07) is 19.5. The van der Waals surface area contributed by atoms with E-state index in [-0.39, 0.29) is 33.6 Å². The quantitative estimate of drug-likeness (QED) is 0.232. The molecule has 11 heteroatoms. The molecule has 0 atom stereocenters. The standard InChI is InChI=1S/C26H22N4O6S/c1-17(31)28-21-7-9-23(10-8-21)30-26(33)20(16-27)15-19-5-3-4-6-25(19)36-37(34,35)24-13-11-22(12-14-24)29-18(2)32/h3-15H,1-2H3,(H,28,31)(H,29,32)(H,30,33)/b20-15+. The Morgan fingerprint density at radius 3 is 1.78 bits per heavy atom. The van der Waals surface area contributed by atoms with Crippen molar-refractivity contribution in [1.29, 1.82) is 5.26 Å². The summed E-state index contributed by atoms with van der Waals surface area (Å²) in [5.74, 6) is -1.35. The van der Waals surface area contributed by atoms with Gasteiger partial charge in [0.05, 0.1) is 0 Å². The molecule has 0 radical (unpaired) electrons. The van der Waals surface area contributed by atoms with Crippen molar-refractivity contribution in [2.24, 2.45) is 0 Å². The Labute approximate surface area is 213 Å². The van der Waals surface area contributed by atoms with Crippen LogP contribution < -0.4 is 20.1 Å². The Hall–Kier alpha value is -4.95. The minimum absolute atomic E-state index is 0.0892. The number of amides is 3. The molecular weight excluding hydrogens is 496 g/mol. The van der Waals surface area contributed by atoms with Gasteiger partial charge in [0.15, 0.2) is 0 Å². The summed E-state index contributed by atoms with van der Waals surface area (Å²) < 4.78 is 30.9. The highest BCUT2D eigenvalue weighted by molar-refractivity contribution is 7.87. The maximum absolute atomic E-state index is 12.8. The van der Waals surface area contributed by atoms with Crippen LogP contribution in [0.15, 0.2) is 83.3 Å². The van der Waals surface area contributed by atoms with Gasteiger partial charge in [-0.05, 0) is 60.7 Å². The molecule has 3 rings (SSSR count). The molecule has 0 fully saturated rings. The van der Waals surface area contributed by atoms with Crippen LogP contribution in [0.2, 0.25) is 0 Å². The van der Waals surface area contributed by atoms with E-state index in [9.17, 15) is 28.1 Å². The van der Waals surface area contributed by atoms with Crippen LogP contribution in [-0.2, 0) is 24.5 Å². The van der Waals surface area contributed by atoms with Crippen molar-refractivity contribution in [3.8, 4) is 11.8 Å². The minimum Gasteiger partial charge on any atom is -0.378 e. The van der Waals surface area contributed by atoms with E-state index >= 15 is 0 Å². The van der Waals surface area contributed by atoms with Gasteiger partial charge in [0.2, 0.25) is 11.8 Å². The lowest BCUT2D eigenvalue weighted by Crippen LogP contribution is -2.14. The monoisotopic (exact) mass is 518 g/mol. The summed E-state index contributed by atoms with van der Waals surface area (Å²) >= 11 is 0. The van der Waals surface area contributed by atoms with Crippen molar-refractivity contribution in [2.75, 3.05) is 16.0 Å². The molecule has 0 spiro atoms. The fraction of sp³-hybridized carbons (Fsp3) is 0.0769. The smallest absolute Gasteiger partial charge is 0.339 e. The molecule has 0 aromatic heterocycles. The lowest BCUT2D eigenvalue weighted by atomic mass is 10.1. The van der Waals surface area contributed by atoms with E-state index in [1.165, 1.54) is 56.3 Å². The second-order valence-electron chi connectivity index (χ2n) is 7.66. The molecule has 0 aliphatic heterocycles. The highest BCUT2D eigenvalue weighted by Crippen LogP contribution is 2.26. The van der Waals surface area contributed by atoms with Gasteiger partial charge in [0, 0.05) is 36.5 Å². The van der Waals surface area contributed by atoms with E-state index in [1.807, 2.05) is 0 Å². The van der Waals surface area contributed by atoms with Crippen LogP contribution in [0.3, 0.4) is 0 Å². The molecule has 3 N–H and O–H groups in total. The van der Waals surface area contributed by atoms with Gasteiger partial charge in [-0.3, -0.25) is 14.4 Å². The number of rotatable bonds is 8. The summed E-state index contributed by atoms with van der Waals surface area (Å²) in [4.78, 5) is 34.8. The van der Waals surface area contributed by atoms with Crippen molar-refractivity contribution in [1.82, 2.24) is 0 Å². The topological polar surface area (TPSA) is 154 Å². The maximum Gasteiger partial charge on any atom is 0.339 e. The van der Waals surface area contributed by atoms with Crippen LogP contribution in [0.25, 0.3) is 6.08 Å². The van der Waals surface area contributed by atoms with Gasteiger partial charge in [0.25, 0.3) is 5.91 Å². The molecule has 0 heterocycles. The summed E-state index contributed by atoms with van der Waals surface area (Å²) in [7, 11) is -4.26. The molecular formula is C26H22N4O6S. The molecule has 37 heavy (non-hydrogen) atoms. The molecule has 0 aliphatic rings. The first-order valence-corrected chi connectivity index (χ1v) is 12.2. The molecule has 3 aromatic rings. The second kappa shape index (κ2) is 11.7. The normalized spacial score (nSPS) is 11.1. The summed E-state index contributed by atoms with van der Waals surface area (Å²) in [5.41, 5.74) is 1.24. The number of para-hydroxylation sites is 1. The average molecular weight is 519 g/mol. The Balaban J connectivity index is 1.80. The number of nitriles is 1. The molecule has 0 saturated heterocycles. The molecule has 0 bridgehead atoms. The predicted octanol–water partition coefficient (Wildman–Crippen LogP) is 3.92. The summed E-state index contributed by atoms with van der Waals surface area (Å²) in [6.07, 6.45) is 1.21. The van der Waals surface area contributed by atoms with Crippen molar-refractivity contribution in [2.45, 2.75) is 18.7 Å². The Kier molecular flexibility index (Phi) is 8.39. The Morgan fingerprint density at radius 1 is 0.784 bits per heavy atom. The third-order valence-corrected chi connectivity index (χ3v) is 5.96. The van der Waals surface area contributed by atoms with Crippen molar-refractivity contribution in [3.05, 3.63) is 83.9 Å². The van der Waals surface area contributed by atoms with E-state index in [2.05, 4.69) is 16.0 Å². The Morgan fingerprint density at radius 2 is 1.27 bits per heavy atom. The fourth-order valence-corrected chi connectivity index (χ4v) is 4.05.